The van der Waals surface area contributed by atoms with Gasteiger partial charge in [-0.3, -0.25) is 0 Å². The van der Waals surface area contributed by atoms with Crippen LogP contribution in [0.5, 0.6) is 0 Å². The molecule has 0 amide bonds. The molecule has 8 heteroatoms. The molecule has 0 N–H and O–H groups in total. The average molecular weight is 516 g/mol. The minimum Gasteiger partial charge on any atom is -0.192 e. The van der Waals surface area contributed by atoms with Crippen LogP contribution < -0.4 is 0 Å². The van der Waals surface area contributed by atoms with Crippen molar-refractivity contribution in [3.05, 3.63) is 113 Å². The molecule has 4 aromatic carbocycles. The molecule has 0 aliphatic heterocycles. The predicted molar refractivity (Wildman–Crippen MR) is 130 cm³/mol. The Morgan fingerprint density at radius 1 is 0.500 bits per heavy atom. The van der Waals surface area contributed by atoms with Crippen LogP contribution in [-0.2, 0) is 12.4 Å². The molecule has 2 nitrogen and oxygen atoms in total. The number of rotatable bonds is 2. The summed E-state index contributed by atoms with van der Waals surface area (Å²) in [7, 11) is 0. The monoisotopic (exact) mass is 516 g/mol. The van der Waals surface area contributed by atoms with Crippen molar-refractivity contribution in [3.63, 3.8) is 0 Å². The number of allylic oxidation sites excluding steroid dienone is 1. The highest BCUT2D eigenvalue weighted by atomic mass is 19.4. The van der Waals surface area contributed by atoms with Gasteiger partial charge in [-0.15, -0.1) is 0 Å². The Morgan fingerprint density at radius 2 is 0.895 bits per heavy atom. The van der Waals surface area contributed by atoms with Crippen molar-refractivity contribution in [2.24, 2.45) is 0 Å². The molecule has 0 saturated carbocycles. The van der Waals surface area contributed by atoms with Gasteiger partial charge in [-0.25, -0.2) is 0 Å². The SMILES string of the molecule is N#CC(C#N)=C1c2cc(-c3cccc(C(F)(F)F)c3)ccc2-c2ccc(-c3cccc(C(F)(F)F)c3)cc21. The van der Waals surface area contributed by atoms with Gasteiger partial charge in [-0.1, -0.05) is 48.5 Å². The Bertz CT molecular complexity index is 1590. The number of benzene rings is 4. The summed E-state index contributed by atoms with van der Waals surface area (Å²) in [5, 5.41) is 19.4. The molecule has 0 atom stereocenters. The Labute approximate surface area is 213 Å². The van der Waals surface area contributed by atoms with Gasteiger partial charge in [0.15, 0.2) is 0 Å². The lowest BCUT2D eigenvalue weighted by Crippen LogP contribution is -2.04. The van der Waals surface area contributed by atoms with E-state index in [0.29, 0.717) is 44.5 Å². The van der Waals surface area contributed by atoms with Crippen molar-refractivity contribution in [3.8, 4) is 45.5 Å². The van der Waals surface area contributed by atoms with E-state index in [1.807, 2.05) is 12.1 Å². The van der Waals surface area contributed by atoms with Crippen molar-refractivity contribution in [1.29, 1.82) is 10.5 Å². The predicted octanol–water partition coefficient (Wildman–Crippen LogP) is 8.89. The molecular formula is C30H14F6N2. The molecule has 5 rings (SSSR count). The number of halogens is 6. The molecule has 0 unspecified atom stereocenters. The van der Waals surface area contributed by atoms with E-state index in [1.165, 1.54) is 24.3 Å². The quantitative estimate of drug-likeness (QED) is 0.174. The second-order valence-corrected chi connectivity index (χ2v) is 8.65. The summed E-state index contributed by atoms with van der Waals surface area (Å²) in [5.41, 5.74) is 2.23. The lowest BCUT2D eigenvalue weighted by Gasteiger charge is -2.11. The topological polar surface area (TPSA) is 47.6 Å². The van der Waals surface area contributed by atoms with Crippen molar-refractivity contribution >= 4 is 5.57 Å². The first-order valence-electron chi connectivity index (χ1n) is 11.2. The second-order valence-electron chi connectivity index (χ2n) is 8.65. The van der Waals surface area contributed by atoms with Gasteiger partial charge in [-0.2, -0.15) is 36.9 Å². The normalized spacial score (nSPS) is 12.4. The Morgan fingerprint density at radius 3 is 1.26 bits per heavy atom. The van der Waals surface area contributed by atoms with Crippen LogP contribution in [0.3, 0.4) is 0 Å². The fourth-order valence-corrected chi connectivity index (χ4v) is 4.63. The number of fused-ring (bicyclic) bond motifs is 3. The third-order valence-corrected chi connectivity index (χ3v) is 6.39. The molecule has 0 aromatic heterocycles. The molecule has 0 spiro atoms. The van der Waals surface area contributed by atoms with E-state index >= 15 is 0 Å². The van der Waals surface area contributed by atoms with Gasteiger partial charge >= 0.3 is 12.4 Å². The van der Waals surface area contributed by atoms with E-state index in [-0.39, 0.29) is 11.1 Å². The lowest BCUT2D eigenvalue weighted by atomic mass is 9.94. The van der Waals surface area contributed by atoms with Crippen molar-refractivity contribution in [1.82, 2.24) is 0 Å². The van der Waals surface area contributed by atoms with Gasteiger partial charge < -0.3 is 0 Å². The largest absolute Gasteiger partial charge is 0.416 e. The summed E-state index contributed by atoms with van der Waals surface area (Å²) in [6.07, 6.45) is -9.05. The van der Waals surface area contributed by atoms with Crippen molar-refractivity contribution < 1.29 is 26.3 Å². The zero-order valence-electron chi connectivity index (χ0n) is 19.2. The van der Waals surface area contributed by atoms with Gasteiger partial charge in [0.25, 0.3) is 0 Å². The number of alkyl halides is 6. The maximum atomic E-state index is 13.3. The van der Waals surface area contributed by atoms with E-state index in [1.54, 1.807) is 36.4 Å². The summed E-state index contributed by atoms with van der Waals surface area (Å²) in [5.74, 6) is 0. The van der Waals surface area contributed by atoms with Crippen LogP contribution in [0.4, 0.5) is 26.3 Å². The van der Waals surface area contributed by atoms with Crippen LogP contribution in [0.1, 0.15) is 22.3 Å². The molecule has 186 valence electrons. The van der Waals surface area contributed by atoms with Gasteiger partial charge in [0.1, 0.15) is 17.7 Å². The van der Waals surface area contributed by atoms with E-state index in [0.717, 1.165) is 24.3 Å². The van der Waals surface area contributed by atoms with Gasteiger partial charge in [0, 0.05) is 5.57 Å². The third kappa shape index (κ3) is 4.31. The highest BCUT2D eigenvalue weighted by Crippen LogP contribution is 2.48. The molecule has 0 fully saturated rings. The fourth-order valence-electron chi connectivity index (χ4n) is 4.63. The van der Waals surface area contributed by atoms with E-state index in [4.69, 9.17) is 0 Å². The molecule has 1 aliphatic carbocycles. The first-order valence-corrected chi connectivity index (χ1v) is 11.2. The maximum absolute atomic E-state index is 13.3. The molecular weight excluding hydrogens is 502 g/mol. The Hall–Kier alpha value is -4.82. The smallest absolute Gasteiger partial charge is 0.192 e. The van der Waals surface area contributed by atoms with Crippen molar-refractivity contribution in [2.75, 3.05) is 0 Å². The van der Waals surface area contributed by atoms with Gasteiger partial charge in [0.2, 0.25) is 0 Å². The van der Waals surface area contributed by atoms with E-state index in [2.05, 4.69) is 0 Å². The Balaban J connectivity index is 1.68. The summed E-state index contributed by atoms with van der Waals surface area (Å²) in [6, 6.07) is 23.3. The van der Waals surface area contributed by atoms with Crippen LogP contribution in [0, 0.1) is 22.7 Å². The van der Waals surface area contributed by atoms with E-state index < -0.39 is 23.5 Å². The van der Waals surface area contributed by atoms with Crippen LogP contribution in [-0.4, -0.2) is 0 Å². The molecule has 38 heavy (non-hydrogen) atoms. The van der Waals surface area contributed by atoms with Crippen molar-refractivity contribution in [2.45, 2.75) is 12.4 Å². The van der Waals surface area contributed by atoms with Crippen LogP contribution in [0.15, 0.2) is 90.5 Å². The second kappa shape index (κ2) is 8.93. The fraction of sp³-hybridized carbons (Fsp3) is 0.0667. The van der Waals surface area contributed by atoms with Gasteiger partial charge in [-0.05, 0) is 80.9 Å². The lowest BCUT2D eigenvalue weighted by molar-refractivity contribution is -0.138. The first-order chi connectivity index (χ1) is 18.0. The zero-order chi connectivity index (χ0) is 27.2. The summed E-state index contributed by atoms with van der Waals surface area (Å²) >= 11 is 0. The number of hydrogen-bond acceptors (Lipinski definition) is 2. The standard InChI is InChI=1S/C30H14F6N2/c31-29(32,33)22-5-1-3-17(11-22)19-7-9-24-25-10-8-20(18-4-2-6-23(12-18)30(34,35)36)14-27(25)28(26(24)13-19)21(15-37)16-38/h1-14H. The first kappa shape index (κ1) is 24.9. The maximum Gasteiger partial charge on any atom is 0.416 e. The summed E-state index contributed by atoms with van der Waals surface area (Å²) in [4.78, 5) is 0. The van der Waals surface area contributed by atoms with Crippen LogP contribution in [0.2, 0.25) is 0 Å². The molecule has 4 aromatic rings. The Kier molecular flexibility index (Phi) is 5.84. The summed E-state index contributed by atoms with van der Waals surface area (Å²) < 4.78 is 79.6. The van der Waals surface area contributed by atoms with Gasteiger partial charge in [0.05, 0.1) is 11.1 Å². The van der Waals surface area contributed by atoms with Crippen LogP contribution >= 0.6 is 0 Å². The average Bonchev–Trinajstić information content (AvgIpc) is 3.21. The highest BCUT2D eigenvalue weighted by Gasteiger charge is 2.32. The molecule has 0 heterocycles. The molecule has 0 bridgehead atoms. The molecule has 1 aliphatic rings. The minimum atomic E-state index is -4.53. The molecule has 0 radical (unpaired) electrons. The highest BCUT2D eigenvalue weighted by molar-refractivity contribution is 6.05. The number of hydrogen-bond donors (Lipinski definition) is 0. The number of nitriles is 2. The number of nitrogens with zero attached hydrogens (tertiary/aromatic N) is 2. The summed E-state index contributed by atoms with van der Waals surface area (Å²) in [6.45, 7) is 0. The molecule has 0 saturated heterocycles. The van der Waals surface area contributed by atoms with E-state index in [9.17, 15) is 36.9 Å². The zero-order valence-corrected chi connectivity index (χ0v) is 19.2. The van der Waals surface area contributed by atoms with Crippen LogP contribution in [0.25, 0.3) is 39.0 Å². The third-order valence-electron chi connectivity index (χ3n) is 6.39. The minimum absolute atomic E-state index is 0.215.